The molecule has 0 N–H and O–H groups in total. The van der Waals surface area contributed by atoms with Crippen molar-refractivity contribution in [2.45, 2.75) is 31.7 Å². The van der Waals surface area contributed by atoms with Gasteiger partial charge in [0.05, 0.1) is 33.2 Å². The lowest BCUT2D eigenvalue weighted by molar-refractivity contribution is -0.148. The van der Waals surface area contributed by atoms with Gasteiger partial charge in [0.1, 0.15) is 11.4 Å². The van der Waals surface area contributed by atoms with Crippen LogP contribution in [0.2, 0.25) is 0 Å². The van der Waals surface area contributed by atoms with Gasteiger partial charge in [-0.15, -0.1) is 11.8 Å². The molecule has 2 atom stereocenters. The minimum atomic E-state index is -0.478. The van der Waals surface area contributed by atoms with Gasteiger partial charge in [0, 0.05) is 13.1 Å². The Bertz CT molecular complexity index is 736. The van der Waals surface area contributed by atoms with E-state index in [0.29, 0.717) is 50.0 Å². The lowest BCUT2D eigenvalue weighted by Gasteiger charge is -2.37. The third-order valence-electron chi connectivity index (χ3n) is 5.24. The molecule has 0 saturated carbocycles. The van der Waals surface area contributed by atoms with E-state index in [2.05, 4.69) is 13.8 Å². The van der Waals surface area contributed by atoms with Crippen molar-refractivity contribution in [3.8, 4) is 11.5 Å². The fraction of sp³-hybridized carbons (Fsp3) is 0.619. The van der Waals surface area contributed by atoms with Crippen molar-refractivity contribution >= 4 is 23.6 Å². The smallest absolute Gasteiger partial charge is 0.245 e. The molecule has 2 amide bonds. The number of nitrogens with zero attached hydrogens (tertiary/aromatic N) is 2. The van der Waals surface area contributed by atoms with Crippen LogP contribution in [0.4, 0.5) is 0 Å². The zero-order valence-electron chi connectivity index (χ0n) is 17.6. The first-order valence-electron chi connectivity index (χ1n) is 9.97. The molecule has 1 aromatic carbocycles. The highest BCUT2D eigenvalue weighted by atomic mass is 32.2. The second kappa shape index (κ2) is 9.71. The summed E-state index contributed by atoms with van der Waals surface area (Å²) >= 11 is 1.55. The van der Waals surface area contributed by atoms with E-state index >= 15 is 0 Å². The predicted octanol–water partition coefficient (Wildman–Crippen LogP) is 2.55. The van der Waals surface area contributed by atoms with Crippen LogP contribution in [0.15, 0.2) is 18.2 Å². The highest BCUT2D eigenvalue weighted by Gasteiger charge is 2.42. The average molecular weight is 423 g/mol. The Morgan fingerprint density at radius 3 is 2.52 bits per heavy atom. The van der Waals surface area contributed by atoms with Crippen molar-refractivity contribution in [2.75, 3.05) is 46.3 Å². The van der Waals surface area contributed by atoms with Crippen molar-refractivity contribution in [1.82, 2.24) is 9.80 Å². The molecule has 2 heterocycles. The number of amides is 2. The number of methoxy groups -OCH3 is 2. The van der Waals surface area contributed by atoms with E-state index in [-0.39, 0.29) is 23.1 Å². The van der Waals surface area contributed by atoms with Gasteiger partial charge in [0.15, 0.2) is 11.5 Å². The molecule has 2 fully saturated rings. The van der Waals surface area contributed by atoms with Gasteiger partial charge < -0.3 is 24.0 Å². The summed E-state index contributed by atoms with van der Waals surface area (Å²) in [5, 5.41) is -0.226. The van der Waals surface area contributed by atoms with Crippen molar-refractivity contribution in [2.24, 2.45) is 5.92 Å². The summed E-state index contributed by atoms with van der Waals surface area (Å²) in [5.41, 5.74) is 0.932. The van der Waals surface area contributed by atoms with Crippen LogP contribution in [0.5, 0.6) is 11.5 Å². The van der Waals surface area contributed by atoms with Crippen LogP contribution < -0.4 is 9.47 Å². The molecule has 0 radical (unpaired) electrons. The Balaban J connectivity index is 1.92. The number of hydrogen-bond acceptors (Lipinski definition) is 6. The summed E-state index contributed by atoms with van der Waals surface area (Å²) < 4.78 is 16.2. The maximum absolute atomic E-state index is 13.4. The molecular weight excluding hydrogens is 392 g/mol. The molecule has 0 bridgehead atoms. The first-order valence-corrected chi connectivity index (χ1v) is 11.0. The van der Waals surface area contributed by atoms with Gasteiger partial charge in [-0.1, -0.05) is 19.9 Å². The van der Waals surface area contributed by atoms with Gasteiger partial charge in [0.2, 0.25) is 11.8 Å². The molecule has 2 aliphatic heterocycles. The van der Waals surface area contributed by atoms with E-state index in [1.165, 1.54) is 0 Å². The molecule has 29 heavy (non-hydrogen) atoms. The maximum atomic E-state index is 13.4. The van der Waals surface area contributed by atoms with E-state index in [4.69, 9.17) is 14.2 Å². The van der Waals surface area contributed by atoms with Gasteiger partial charge >= 0.3 is 0 Å². The highest BCUT2D eigenvalue weighted by molar-refractivity contribution is 8.00. The quantitative estimate of drug-likeness (QED) is 0.673. The van der Waals surface area contributed by atoms with Crippen molar-refractivity contribution < 1.29 is 23.8 Å². The molecule has 1 aromatic rings. The normalized spacial score (nSPS) is 20.9. The van der Waals surface area contributed by atoms with Gasteiger partial charge in [-0.25, -0.2) is 0 Å². The minimum absolute atomic E-state index is 0.00189. The number of carbonyl (C=O) groups is 2. The van der Waals surface area contributed by atoms with Crippen molar-refractivity contribution in [1.29, 1.82) is 0 Å². The standard InChI is InChI=1S/C21H30N2O5S/c1-14(2)11-16(20(25)22-7-9-28-10-8-22)23-19(24)13-29-21(23)15-5-6-17(26-3)18(12-15)27-4/h5-6,12,14,16,21H,7-11,13H2,1-4H3/t16-,21-/m0/s1. The van der Waals surface area contributed by atoms with E-state index in [1.54, 1.807) is 30.9 Å². The molecule has 0 unspecified atom stereocenters. The fourth-order valence-electron chi connectivity index (χ4n) is 3.81. The molecule has 7 nitrogen and oxygen atoms in total. The van der Waals surface area contributed by atoms with Gasteiger partial charge in [-0.3, -0.25) is 9.59 Å². The SMILES string of the molecule is COc1ccc([C@@H]2SCC(=O)N2[C@@H](CC(C)C)C(=O)N2CCOCC2)cc1OC. The van der Waals surface area contributed by atoms with E-state index in [0.717, 1.165) is 5.56 Å². The first kappa shape index (κ1) is 21.8. The Morgan fingerprint density at radius 2 is 1.90 bits per heavy atom. The largest absolute Gasteiger partial charge is 0.493 e. The monoisotopic (exact) mass is 422 g/mol. The van der Waals surface area contributed by atoms with Crippen LogP contribution in [0.25, 0.3) is 0 Å². The zero-order valence-corrected chi connectivity index (χ0v) is 18.4. The Kier molecular flexibility index (Phi) is 7.29. The topological polar surface area (TPSA) is 68.3 Å². The Hall–Kier alpha value is -1.93. The summed E-state index contributed by atoms with van der Waals surface area (Å²) in [6.07, 6.45) is 0.631. The number of morpholine rings is 1. The number of thioether (sulfide) groups is 1. The molecular formula is C21H30N2O5S. The highest BCUT2D eigenvalue weighted by Crippen LogP contribution is 2.43. The molecule has 0 aliphatic carbocycles. The lowest BCUT2D eigenvalue weighted by Crippen LogP contribution is -2.53. The fourth-order valence-corrected chi connectivity index (χ4v) is 5.02. The van der Waals surface area contributed by atoms with Crippen LogP contribution in [0.3, 0.4) is 0 Å². The van der Waals surface area contributed by atoms with Crippen molar-refractivity contribution in [3.05, 3.63) is 23.8 Å². The Labute approximate surface area is 176 Å². The van der Waals surface area contributed by atoms with Crippen LogP contribution in [0, 0.1) is 5.92 Å². The second-order valence-corrected chi connectivity index (χ2v) is 8.73. The second-order valence-electron chi connectivity index (χ2n) is 7.66. The van der Waals surface area contributed by atoms with Gasteiger partial charge in [-0.2, -0.15) is 0 Å². The molecule has 2 saturated heterocycles. The molecule has 3 rings (SSSR count). The molecule has 160 valence electrons. The Morgan fingerprint density at radius 1 is 1.21 bits per heavy atom. The number of ether oxygens (including phenoxy) is 3. The minimum Gasteiger partial charge on any atom is -0.493 e. The van der Waals surface area contributed by atoms with Crippen LogP contribution in [-0.2, 0) is 14.3 Å². The van der Waals surface area contributed by atoms with E-state index < -0.39 is 6.04 Å². The van der Waals surface area contributed by atoms with Gasteiger partial charge in [-0.05, 0) is 30.0 Å². The summed E-state index contributed by atoms with van der Waals surface area (Å²) in [5.74, 6) is 1.93. The first-order chi connectivity index (χ1) is 14.0. The summed E-state index contributed by atoms with van der Waals surface area (Å²) in [7, 11) is 3.19. The average Bonchev–Trinajstić information content (AvgIpc) is 3.12. The maximum Gasteiger partial charge on any atom is 0.245 e. The molecule has 0 spiro atoms. The number of hydrogen-bond donors (Lipinski definition) is 0. The van der Waals surface area contributed by atoms with Crippen LogP contribution in [-0.4, -0.2) is 73.9 Å². The summed E-state index contributed by atoms with van der Waals surface area (Å²) in [6.45, 7) is 6.40. The third kappa shape index (κ3) is 4.80. The van der Waals surface area contributed by atoms with Crippen LogP contribution >= 0.6 is 11.8 Å². The molecule has 2 aliphatic rings. The lowest BCUT2D eigenvalue weighted by atomic mass is 9.99. The summed E-state index contributed by atoms with van der Waals surface area (Å²) in [6, 6.07) is 5.20. The third-order valence-corrected chi connectivity index (χ3v) is 6.46. The summed E-state index contributed by atoms with van der Waals surface area (Å²) in [4.78, 5) is 29.9. The number of rotatable bonds is 7. The predicted molar refractivity (Wildman–Crippen MR) is 112 cm³/mol. The van der Waals surface area contributed by atoms with E-state index in [9.17, 15) is 9.59 Å². The van der Waals surface area contributed by atoms with E-state index in [1.807, 2.05) is 23.1 Å². The molecule has 0 aromatic heterocycles. The number of carbonyl (C=O) groups excluding carboxylic acids is 2. The van der Waals surface area contributed by atoms with Crippen molar-refractivity contribution in [3.63, 3.8) is 0 Å². The molecule has 8 heteroatoms. The zero-order chi connectivity index (χ0) is 21.0. The van der Waals surface area contributed by atoms with Gasteiger partial charge in [0.25, 0.3) is 0 Å². The number of benzene rings is 1. The van der Waals surface area contributed by atoms with Crippen LogP contribution in [0.1, 0.15) is 31.2 Å².